The average Bonchev–Trinajstić information content (AvgIpc) is 3.26. The van der Waals surface area contributed by atoms with E-state index >= 15 is 0 Å². The maximum Gasteiger partial charge on any atom is 0.252 e. The Balaban J connectivity index is 1.61. The molecule has 1 unspecified atom stereocenters. The molecule has 1 aliphatic rings. The highest BCUT2D eigenvalue weighted by atomic mass is 16.4. The van der Waals surface area contributed by atoms with Gasteiger partial charge in [0.05, 0.1) is 23.9 Å². The van der Waals surface area contributed by atoms with Crippen molar-refractivity contribution in [3.8, 4) is 0 Å². The number of nitrogens with zero attached hydrogens (tertiary/aromatic N) is 1. The maximum atomic E-state index is 12.6. The first kappa shape index (κ1) is 16.6. The molecule has 0 aliphatic heterocycles. The molecule has 6 heteroatoms. The topological polar surface area (TPSA) is 87.4 Å². The van der Waals surface area contributed by atoms with E-state index in [0.29, 0.717) is 17.1 Å². The van der Waals surface area contributed by atoms with Crippen LogP contribution in [0.25, 0.3) is 10.9 Å². The number of hydrogen-bond donors (Lipinski definition) is 3. The molecule has 0 bridgehead atoms. The van der Waals surface area contributed by atoms with E-state index in [1.54, 1.807) is 25.1 Å². The number of amides is 1. The summed E-state index contributed by atoms with van der Waals surface area (Å²) in [6.45, 7) is 1.87. The lowest BCUT2D eigenvalue weighted by Crippen LogP contribution is -2.30. The molecule has 26 heavy (non-hydrogen) atoms. The van der Waals surface area contributed by atoms with E-state index in [9.17, 15) is 9.90 Å². The first-order chi connectivity index (χ1) is 12.5. The second-order valence-corrected chi connectivity index (χ2v) is 6.92. The number of benzene rings is 1. The number of hydrogen-bond acceptors (Lipinski definition) is 5. The second-order valence-electron chi connectivity index (χ2n) is 6.92. The molecule has 4 rings (SSSR count). The van der Waals surface area contributed by atoms with E-state index in [1.807, 2.05) is 24.3 Å². The van der Waals surface area contributed by atoms with Gasteiger partial charge < -0.3 is 20.2 Å². The molecule has 1 atom stereocenters. The number of rotatable bonds is 6. The molecule has 2 aromatic heterocycles. The smallest absolute Gasteiger partial charge is 0.252 e. The fourth-order valence-corrected chi connectivity index (χ4v) is 2.88. The van der Waals surface area contributed by atoms with Crippen LogP contribution in [0, 0.1) is 0 Å². The SMILES string of the molecule is CC(O)(CNc1cc(C(=O)NC2CC2)c2ccccc2n1)c1ccco1. The summed E-state index contributed by atoms with van der Waals surface area (Å²) in [6.07, 6.45) is 3.59. The van der Waals surface area contributed by atoms with Crippen molar-refractivity contribution in [2.45, 2.75) is 31.4 Å². The van der Waals surface area contributed by atoms with E-state index in [4.69, 9.17) is 4.42 Å². The molecule has 1 saturated carbocycles. The molecular formula is C20H21N3O3. The third-order valence-corrected chi connectivity index (χ3v) is 4.54. The third kappa shape index (κ3) is 3.41. The minimum Gasteiger partial charge on any atom is -0.466 e. The number of pyridine rings is 1. The number of carbonyl (C=O) groups is 1. The molecular weight excluding hydrogens is 330 g/mol. The number of para-hydroxylation sites is 1. The van der Waals surface area contributed by atoms with Gasteiger partial charge in [-0.05, 0) is 44.0 Å². The lowest BCUT2D eigenvalue weighted by Gasteiger charge is -2.22. The van der Waals surface area contributed by atoms with Crippen LogP contribution in [-0.4, -0.2) is 28.6 Å². The summed E-state index contributed by atoms with van der Waals surface area (Å²) < 4.78 is 5.30. The highest BCUT2D eigenvalue weighted by Gasteiger charge is 2.27. The van der Waals surface area contributed by atoms with Crippen LogP contribution in [0.3, 0.4) is 0 Å². The Hall–Kier alpha value is -2.86. The van der Waals surface area contributed by atoms with Gasteiger partial charge in [0.25, 0.3) is 5.91 Å². The van der Waals surface area contributed by atoms with Gasteiger partial charge in [0.2, 0.25) is 0 Å². The highest BCUT2D eigenvalue weighted by molar-refractivity contribution is 6.07. The van der Waals surface area contributed by atoms with Crippen molar-refractivity contribution in [1.82, 2.24) is 10.3 Å². The zero-order chi connectivity index (χ0) is 18.1. The van der Waals surface area contributed by atoms with Crippen molar-refractivity contribution in [3.63, 3.8) is 0 Å². The molecule has 3 aromatic rings. The fourth-order valence-electron chi connectivity index (χ4n) is 2.88. The number of fused-ring (bicyclic) bond motifs is 1. The van der Waals surface area contributed by atoms with Crippen LogP contribution in [0.4, 0.5) is 5.82 Å². The predicted octanol–water partition coefficient (Wildman–Crippen LogP) is 3.04. The lowest BCUT2D eigenvalue weighted by molar-refractivity contribution is 0.0476. The van der Waals surface area contributed by atoms with Crippen LogP contribution in [0.2, 0.25) is 0 Å². The molecule has 1 aliphatic carbocycles. The number of furan rings is 1. The minimum absolute atomic E-state index is 0.0908. The number of aromatic nitrogens is 1. The van der Waals surface area contributed by atoms with E-state index in [2.05, 4.69) is 15.6 Å². The van der Waals surface area contributed by atoms with E-state index in [-0.39, 0.29) is 18.5 Å². The minimum atomic E-state index is -1.19. The van der Waals surface area contributed by atoms with Crippen LogP contribution >= 0.6 is 0 Å². The van der Waals surface area contributed by atoms with Crippen LogP contribution in [0.5, 0.6) is 0 Å². The van der Waals surface area contributed by atoms with Crippen molar-refractivity contribution < 1.29 is 14.3 Å². The Morgan fingerprint density at radius 3 is 2.85 bits per heavy atom. The van der Waals surface area contributed by atoms with Gasteiger partial charge >= 0.3 is 0 Å². The molecule has 1 aromatic carbocycles. The van der Waals surface area contributed by atoms with Crippen LogP contribution in [0.1, 0.15) is 35.9 Å². The van der Waals surface area contributed by atoms with Crippen LogP contribution in [-0.2, 0) is 5.60 Å². The lowest BCUT2D eigenvalue weighted by atomic mass is 10.0. The van der Waals surface area contributed by atoms with Crippen molar-refractivity contribution in [1.29, 1.82) is 0 Å². The number of aliphatic hydroxyl groups is 1. The normalized spacial score (nSPS) is 16.2. The standard InChI is InChI=1S/C20H21N3O3/c1-20(25,17-7-4-10-26-17)12-21-18-11-15(19(24)22-13-8-9-13)14-5-2-3-6-16(14)23-18/h2-7,10-11,13,25H,8-9,12H2,1H3,(H,21,23)(H,22,24). The third-order valence-electron chi connectivity index (χ3n) is 4.54. The molecule has 134 valence electrons. The van der Waals surface area contributed by atoms with Gasteiger partial charge in [0, 0.05) is 11.4 Å². The second kappa shape index (κ2) is 6.46. The van der Waals surface area contributed by atoms with E-state index < -0.39 is 5.60 Å². The summed E-state index contributed by atoms with van der Waals surface area (Å²) in [6, 6.07) is 13.0. The zero-order valence-electron chi connectivity index (χ0n) is 14.5. The summed E-state index contributed by atoms with van der Waals surface area (Å²) in [4.78, 5) is 17.2. The largest absolute Gasteiger partial charge is 0.466 e. The van der Waals surface area contributed by atoms with Crippen molar-refractivity contribution in [3.05, 3.63) is 60.1 Å². The fraction of sp³-hybridized carbons (Fsp3) is 0.300. The zero-order valence-corrected chi connectivity index (χ0v) is 14.5. The van der Waals surface area contributed by atoms with E-state index in [1.165, 1.54) is 6.26 Å². The number of anilines is 1. The van der Waals surface area contributed by atoms with Gasteiger partial charge in [0.1, 0.15) is 17.2 Å². The molecule has 0 spiro atoms. The van der Waals surface area contributed by atoms with Gasteiger partial charge in [-0.15, -0.1) is 0 Å². The predicted molar refractivity (Wildman–Crippen MR) is 99.0 cm³/mol. The molecule has 1 amide bonds. The molecule has 6 nitrogen and oxygen atoms in total. The van der Waals surface area contributed by atoms with Crippen LogP contribution in [0.15, 0.2) is 53.1 Å². The average molecular weight is 351 g/mol. The highest BCUT2D eigenvalue weighted by Crippen LogP contribution is 2.25. The Morgan fingerprint density at radius 1 is 1.31 bits per heavy atom. The summed E-state index contributed by atoms with van der Waals surface area (Å²) in [5.41, 5.74) is 0.131. The summed E-state index contributed by atoms with van der Waals surface area (Å²) in [5.74, 6) is 0.918. The van der Waals surface area contributed by atoms with Gasteiger partial charge in [0.15, 0.2) is 0 Å². The first-order valence-electron chi connectivity index (χ1n) is 8.74. The Bertz CT molecular complexity index is 931. The monoisotopic (exact) mass is 351 g/mol. The van der Waals surface area contributed by atoms with E-state index in [0.717, 1.165) is 23.7 Å². The van der Waals surface area contributed by atoms with Gasteiger partial charge in [-0.1, -0.05) is 18.2 Å². The van der Waals surface area contributed by atoms with Gasteiger partial charge in [-0.3, -0.25) is 4.79 Å². The molecule has 0 saturated heterocycles. The van der Waals surface area contributed by atoms with Gasteiger partial charge in [-0.2, -0.15) is 0 Å². The molecule has 2 heterocycles. The number of carbonyl (C=O) groups excluding carboxylic acids is 1. The molecule has 0 radical (unpaired) electrons. The quantitative estimate of drug-likeness (QED) is 0.635. The maximum absolute atomic E-state index is 12.6. The van der Waals surface area contributed by atoms with Crippen molar-refractivity contribution in [2.75, 3.05) is 11.9 Å². The molecule has 1 fully saturated rings. The molecule has 3 N–H and O–H groups in total. The Kier molecular flexibility index (Phi) is 4.12. The summed E-state index contributed by atoms with van der Waals surface area (Å²) in [7, 11) is 0. The summed E-state index contributed by atoms with van der Waals surface area (Å²) in [5, 5.41) is 17.6. The Labute approximate surface area is 151 Å². The van der Waals surface area contributed by atoms with Crippen molar-refractivity contribution >= 4 is 22.6 Å². The number of nitrogens with one attached hydrogen (secondary N) is 2. The Morgan fingerprint density at radius 2 is 2.12 bits per heavy atom. The first-order valence-corrected chi connectivity index (χ1v) is 8.74. The summed E-state index contributed by atoms with van der Waals surface area (Å²) >= 11 is 0. The van der Waals surface area contributed by atoms with Crippen LogP contribution < -0.4 is 10.6 Å². The van der Waals surface area contributed by atoms with Gasteiger partial charge in [-0.25, -0.2) is 4.98 Å². The van der Waals surface area contributed by atoms with Crippen molar-refractivity contribution in [2.24, 2.45) is 0 Å².